The summed E-state index contributed by atoms with van der Waals surface area (Å²) >= 11 is 0. The van der Waals surface area contributed by atoms with Crippen molar-refractivity contribution < 1.29 is 29.1 Å². The number of imidazole rings is 1. The van der Waals surface area contributed by atoms with Crippen LogP contribution in [0.3, 0.4) is 0 Å². The van der Waals surface area contributed by atoms with Gasteiger partial charge >= 0.3 is 5.97 Å². The number of hydrogen-bond acceptors (Lipinski definition) is 9. The summed E-state index contributed by atoms with van der Waals surface area (Å²) in [4.78, 5) is 76.2. The highest BCUT2D eigenvalue weighted by atomic mass is 16.4. The number of H-pyrrole nitrogens is 1. The summed E-state index contributed by atoms with van der Waals surface area (Å²) in [6.07, 6.45) is 2.92. The molecule has 0 saturated heterocycles. The lowest BCUT2D eigenvalue weighted by molar-refractivity contribution is -0.143. The number of carboxylic acid groups (broad SMARTS) is 1. The molecule has 0 fully saturated rings. The SMILES string of the molecule is NC(=O)CC(NC(=O)C(CCCN=C(N)N)NC(=O)C(Cc1cnc[nH]1)NC(=O)C(N)CCCN=C(N)N)C(=O)O. The van der Waals surface area contributed by atoms with Crippen LogP contribution in [0, 0.1) is 0 Å². The maximum atomic E-state index is 13.3. The average Bonchev–Trinajstić information content (AvgIpc) is 3.39. The Morgan fingerprint density at radius 3 is 1.88 bits per heavy atom. The highest BCUT2D eigenvalue weighted by Crippen LogP contribution is 2.06. The monoisotopic (exact) mass is 581 g/mol. The van der Waals surface area contributed by atoms with Gasteiger partial charge in [0.2, 0.25) is 23.6 Å². The van der Waals surface area contributed by atoms with Crippen molar-refractivity contribution in [1.29, 1.82) is 0 Å². The Bertz CT molecular complexity index is 1080. The lowest BCUT2D eigenvalue weighted by atomic mass is 10.1. The van der Waals surface area contributed by atoms with E-state index >= 15 is 0 Å². The Labute approximate surface area is 235 Å². The molecule has 4 atom stereocenters. The van der Waals surface area contributed by atoms with E-state index in [0.717, 1.165) is 0 Å². The smallest absolute Gasteiger partial charge is 0.326 e. The number of carboxylic acids is 1. The van der Waals surface area contributed by atoms with Gasteiger partial charge in [0.25, 0.3) is 0 Å². The molecule has 0 aliphatic rings. The zero-order valence-electron chi connectivity index (χ0n) is 22.4. The van der Waals surface area contributed by atoms with Crippen molar-refractivity contribution in [1.82, 2.24) is 25.9 Å². The molecule has 4 amide bonds. The Morgan fingerprint density at radius 2 is 1.37 bits per heavy atom. The van der Waals surface area contributed by atoms with Crippen molar-refractivity contribution in [3.63, 3.8) is 0 Å². The third-order valence-electron chi connectivity index (χ3n) is 5.51. The largest absolute Gasteiger partial charge is 0.480 e. The van der Waals surface area contributed by atoms with E-state index in [0.29, 0.717) is 12.1 Å². The van der Waals surface area contributed by atoms with Gasteiger partial charge in [0.15, 0.2) is 11.9 Å². The Hall–Kier alpha value is -4.94. The van der Waals surface area contributed by atoms with E-state index in [2.05, 4.69) is 35.9 Å². The molecule has 1 rings (SSSR count). The van der Waals surface area contributed by atoms with Crippen molar-refractivity contribution in [2.75, 3.05) is 13.1 Å². The molecule has 1 aromatic rings. The molecule has 0 radical (unpaired) electrons. The average molecular weight is 582 g/mol. The predicted molar refractivity (Wildman–Crippen MR) is 147 cm³/mol. The third kappa shape index (κ3) is 14.1. The molecule has 1 heterocycles. The fourth-order valence-corrected chi connectivity index (χ4v) is 3.47. The minimum atomic E-state index is -1.63. The first kappa shape index (κ1) is 34.1. The van der Waals surface area contributed by atoms with Gasteiger partial charge in [-0.05, 0) is 25.7 Å². The summed E-state index contributed by atoms with van der Waals surface area (Å²) in [6.45, 7) is 0.361. The molecule has 19 heteroatoms. The topological polar surface area (TPSA) is 351 Å². The van der Waals surface area contributed by atoms with Crippen LogP contribution in [-0.4, -0.2) is 93.8 Å². The second-order valence-corrected chi connectivity index (χ2v) is 8.98. The van der Waals surface area contributed by atoms with Gasteiger partial charge in [0.05, 0.1) is 18.8 Å². The number of guanidine groups is 2. The lowest BCUT2D eigenvalue weighted by Gasteiger charge is -2.25. The summed E-state index contributed by atoms with van der Waals surface area (Å²) in [5.74, 6) is -5.05. The maximum absolute atomic E-state index is 13.3. The molecular formula is C22H39N13O6. The number of nitrogens with two attached hydrogens (primary N) is 6. The number of primary amides is 1. The number of carbonyl (C=O) groups excluding carboxylic acids is 4. The van der Waals surface area contributed by atoms with Crippen LogP contribution in [0.4, 0.5) is 0 Å². The Morgan fingerprint density at radius 1 is 0.829 bits per heavy atom. The summed E-state index contributed by atoms with van der Waals surface area (Å²) in [5, 5.41) is 16.6. The quantitative estimate of drug-likeness (QED) is 0.0414. The molecule has 4 unspecified atom stereocenters. The van der Waals surface area contributed by atoms with Gasteiger partial charge in [-0.3, -0.25) is 29.2 Å². The summed E-state index contributed by atoms with van der Waals surface area (Å²) < 4.78 is 0. The van der Waals surface area contributed by atoms with Crippen molar-refractivity contribution in [3.8, 4) is 0 Å². The second-order valence-electron chi connectivity index (χ2n) is 8.98. The number of nitrogens with one attached hydrogen (secondary N) is 4. The van der Waals surface area contributed by atoms with Crippen LogP contribution in [0.25, 0.3) is 0 Å². The van der Waals surface area contributed by atoms with Gasteiger partial charge in [0.1, 0.15) is 18.1 Å². The molecule has 228 valence electrons. The number of aliphatic imine (C=N–C) groups is 2. The Balaban J connectivity index is 3.07. The first-order valence-corrected chi connectivity index (χ1v) is 12.6. The van der Waals surface area contributed by atoms with Crippen LogP contribution in [0.5, 0.6) is 0 Å². The van der Waals surface area contributed by atoms with Crippen molar-refractivity contribution in [2.24, 2.45) is 44.4 Å². The minimum absolute atomic E-state index is 0.0215. The van der Waals surface area contributed by atoms with E-state index in [-0.39, 0.29) is 50.7 Å². The standard InChI is InChI=1S/C22H39N13O6/c23-12(3-1-5-30-21(25)26)17(37)34-14(7-11-9-29-10-32-11)19(39)33-13(4-2-6-31-22(27)28)18(38)35-15(20(40)41)8-16(24)36/h9-10,12-15H,1-8,23H2,(H2,24,36)(H,29,32)(H,33,39)(H,34,37)(H,35,38)(H,40,41)(H4,25,26,30)(H4,27,28,31). The summed E-state index contributed by atoms with van der Waals surface area (Å²) in [7, 11) is 0. The molecular weight excluding hydrogens is 542 g/mol. The zero-order valence-corrected chi connectivity index (χ0v) is 22.4. The third-order valence-corrected chi connectivity index (χ3v) is 5.51. The molecule has 19 nitrogen and oxygen atoms in total. The van der Waals surface area contributed by atoms with E-state index in [1.165, 1.54) is 12.5 Å². The predicted octanol–water partition coefficient (Wildman–Crippen LogP) is -5.20. The molecule has 0 bridgehead atoms. The molecule has 41 heavy (non-hydrogen) atoms. The lowest BCUT2D eigenvalue weighted by Crippen LogP contribution is -2.57. The normalized spacial score (nSPS) is 13.5. The van der Waals surface area contributed by atoms with E-state index < -0.39 is 60.2 Å². The molecule has 0 aromatic carbocycles. The first-order valence-electron chi connectivity index (χ1n) is 12.6. The summed E-state index contributed by atoms with van der Waals surface area (Å²) in [6, 6.07) is -5.12. The molecule has 0 spiro atoms. The molecule has 0 aliphatic carbocycles. The van der Waals surface area contributed by atoms with Crippen molar-refractivity contribution in [3.05, 3.63) is 18.2 Å². The van der Waals surface area contributed by atoms with E-state index in [1.54, 1.807) is 0 Å². The number of hydrogen-bond donors (Lipinski definition) is 11. The van der Waals surface area contributed by atoms with Gasteiger partial charge in [-0.25, -0.2) is 9.78 Å². The maximum Gasteiger partial charge on any atom is 0.326 e. The number of aliphatic carboxylic acids is 1. The van der Waals surface area contributed by atoms with Crippen LogP contribution in [0.1, 0.15) is 37.8 Å². The Kier molecular flexibility index (Phi) is 14.6. The summed E-state index contributed by atoms with van der Waals surface area (Å²) in [5.41, 5.74) is 32.7. The number of carbonyl (C=O) groups is 5. The first-order chi connectivity index (χ1) is 19.3. The van der Waals surface area contributed by atoms with E-state index in [9.17, 15) is 29.1 Å². The molecule has 17 N–H and O–H groups in total. The second kappa shape index (κ2) is 17.6. The molecule has 0 saturated carbocycles. The van der Waals surface area contributed by atoms with Crippen LogP contribution in [0.15, 0.2) is 22.5 Å². The number of nitrogens with zero attached hydrogens (tertiary/aromatic N) is 3. The number of aromatic amines is 1. The van der Waals surface area contributed by atoms with Crippen LogP contribution >= 0.6 is 0 Å². The fourth-order valence-electron chi connectivity index (χ4n) is 3.47. The van der Waals surface area contributed by atoms with Gasteiger partial charge in [-0.2, -0.15) is 0 Å². The van der Waals surface area contributed by atoms with Gasteiger partial charge in [0, 0.05) is 31.4 Å². The van der Waals surface area contributed by atoms with Gasteiger partial charge in [-0.15, -0.1) is 0 Å². The number of amides is 4. The van der Waals surface area contributed by atoms with E-state index in [4.69, 9.17) is 34.4 Å². The van der Waals surface area contributed by atoms with Crippen LogP contribution < -0.4 is 50.4 Å². The van der Waals surface area contributed by atoms with Crippen molar-refractivity contribution >= 4 is 41.5 Å². The van der Waals surface area contributed by atoms with Crippen LogP contribution in [-0.2, 0) is 30.4 Å². The minimum Gasteiger partial charge on any atom is -0.480 e. The van der Waals surface area contributed by atoms with E-state index in [1.807, 2.05) is 0 Å². The highest BCUT2D eigenvalue weighted by molar-refractivity contribution is 5.95. The zero-order chi connectivity index (χ0) is 30.9. The molecule has 0 aliphatic heterocycles. The number of rotatable bonds is 19. The van der Waals surface area contributed by atoms with Gasteiger partial charge < -0.3 is 60.4 Å². The fraction of sp³-hybridized carbons (Fsp3) is 0.545. The van der Waals surface area contributed by atoms with Crippen LogP contribution in [0.2, 0.25) is 0 Å². The molecule has 1 aromatic heterocycles. The van der Waals surface area contributed by atoms with Crippen molar-refractivity contribution in [2.45, 2.75) is 62.7 Å². The highest BCUT2D eigenvalue weighted by Gasteiger charge is 2.31. The number of aromatic nitrogens is 2. The van der Waals surface area contributed by atoms with Gasteiger partial charge in [-0.1, -0.05) is 0 Å².